The molecule has 4 rings (SSSR count). The highest BCUT2D eigenvalue weighted by molar-refractivity contribution is 7.90. The van der Waals surface area contributed by atoms with Crippen LogP contribution < -0.4 is 0 Å². The average molecular weight is 348 g/mol. The zero-order valence-corrected chi connectivity index (χ0v) is 14.4. The third-order valence-corrected chi connectivity index (χ3v) is 5.87. The second kappa shape index (κ2) is 5.86. The molecule has 0 spiro atoms. The first-order valence-electron chi connectivity index (χ1n) is 7.91. The van der Waals surface area contributed by atoms with Crippen molar-refractivity contribution in [2.75, 3.05) is 0 Å². The maximum absolute atomic E-state index is 13.3. The predicted molar refractivity (Wildman–Crippen MR) is 98.9 cm³/mol. The summed E-state index contributed by atoms with van der Waals surface area (Å²) in [4.78, 5) is 4.64. The van der Waals surface area contributed by atoms with Crippen LogP contribution in [0.1, 0.15) is 5.56 Å². The van der Waals surface area contributed by atoms with E-state index in [9.17, 15) is 8.42 Å². The molecule has 0 aliphatic heterocycles. The Morgan fingerprint density at radius 2 is 1.60 bits per heavy atom. The molecule has 4 nitrogen and oxygen atoms in total. The van der Waals surface area contributed by atoms with Crippen LogP contribution in [0.4, 0.5) is 0 Å². The van der Waals surface area contributed by atoms with Gasteiger partial charge in [0.05, 0.1) is 21.8 Å². The van der Waals surface area contributed by atoms with Gasteiger partial charge in [-0.2, -0.15) is 0 Å². The summed E-state index contributed by atoms with van der Waals surface area (Å²) < 4.78 is 28.0. The molecule has 0 aliphatic rings. The van der Waals surface area contributed by atoms with Gasteiger partial charge < -0.3 is 0 Å². The first-order valence-corrected chi connectivity index (χ1v) is 9.35. The molecule has 0 fully saturated rings. The van der Waals surface area contributed by atoms with Crippen LogP contribution >= 0.6 is 0 Å². The number of hydrogen-bond acceptors (Lipinski definition) is 3. The number of benzene rings is 2. The fraction of sp³-hybridized carbons (Fsp3) is 0.0500. The molecule has 0 radical (unpaired) electrons. The lowest BCUT2D eigenvalue weighted by Gasteiger charge is -2.12. The van der Waals surface area contributed by atoms with Crippen LogP contribution in [0.15, 0.2) is 83.9 Å². The van der Waals surface area contributed by atoms with Crippen LogP contribution in [0.2, 0.25) is 0 Å². The summed E-state index contributed by atoms with van der Waals surface area (Å²) in [6.07, 6.45) is 1.70. The topological polar surface area (TPSA) is 52.0 Å². The van der Waals surface area contributed by atoms with Crippen molar-refractivity contribution in [1.29, 1.82) is 0 Å². The van der Waals surface area contributed by atoms with E-state index in [4.69, 9.17) is 0 Å². The molecule has 4 aromatic rings. The Morgan fingerprint density at radius 3 is 2.36 bits per heavy atom. The van der Waals surface area contributed by atoms with Crippen molar-refractivity contribution in [2.45, 2.75) is 11.8 Å². The van der Waals surface area contributed by atoms with Gasteiger partial charge in [0.1, 0.15) is 0 Å². The van der Waals surface area contributed by atoms with E-state index in [1.54, 1.807) is 36.5 Å². The van der Waals surface area contributed by atoms with Crippen LogP contribution in [-0.2, 0) is 10.0 Å². The van der Waals surface area contributed by atoms with Crippen molar-refractivity contribution in [3.8, 4) is 11.4 Å². The smallest absolute Gasteiger partial charge is 0.255 e. The van der Waals surface area contributed by atoms with E-state index < -0.39 is 10.0 Å². The van der Waals surface area contributed by atoms with E-state index in [0.717, 1.165) is 10.9 Å². The van der Waals surface area contributed by atoms with E-state index in [-0.39, 0.29) is 4.90 Å². The summed E-state index contributed by atoms with van der Waals surface area (Å²) in [5.74, 6) is 0. The van der Waals surface area contributed by atoms with E-state index in [1.165, 1.54) is 3.97 Å². The summed E-state index contributed by atoms with van der Waals surface area (Å²) in [6, 6.07) is 21.6. The van der Waals surface area contributed by atoms with Gasteiger partial charge >= 0.3 is 0 Å². The number of hydrogen-bond donors (Lipinski definition) is 0. The Kier molecular flexibility index (Phi) is 3.66. The fourth-order valence-corrected chi connectivity index (χ4v) is 4.48. The lowest BCUT2D eigenvalue weighted by Crippen LogP contribution is -2.14. The average Bonchev–Trinajstić information content (AvgIpc) is 3.03. The van der Waals surface area contributed by atoms with Crippen LogP contribution in [0, 0.1) is 6.92 Å². The largest absolute Gasteiger partial charge is 0.268 e. The molecule has 0 amide bonds. The molecular formula is C20H16N2O2S. The monoisotopic (exact) mass is 348 g/mol. The molecule has 0 N–H and O–H groups in total. The van der Waals surface area contributed by atoms with Crippen molar-refractivity contribution in [3.63, 3.8) is 0 Å². The number of aryl methyl sites for hydroxylation is 1. The molecule has 0 saturated heterocycles. The Morgan fingerprint density at radius 1 is 0.880 bits per heavy atom. The van der Waals surface area contributed by atoms with Gasteiger partial charge in [0.15, 0.2) is 0 Å². The van der Waals surface area contributed by atoms with Crippen molar-refractivity contribution in [2.24, 2.45) is 0 Å². The molecule has 124 valence electrons. The first-order chi connectivity index (χ1) is 12.1. The van der Waals surface area contributed by atoms with E-state index >= 15 is 0 Å². The lowest BCUT2D eigenvalue weighted by molar-refractivity contribution is 0.589. The van der Waals surface area contributed by atoms with Gasteiger partial charge in [-0.15, -0.1) is 0 Å². The third-order valence-electron chi connectivity index (χ3n) is 4.13. The minimum absolute atomic E-state index is 0.255. The normalized spacial score (nSPS) is 11.7. The Labute approximate surface area is 146 Å². The summed E-state index contributed by atoms with van der Waals surface area (Å²) in [5.41, 5.74) is 2.87. The van der Waals surface area contributed by atoms with Crippen molar-refractivity contribution in [1.82, 2.24) is 8.96 Å². The highest BCUT2D eigenvalue weighted by Crippen LogP contribution is 2.31. The van der Waals surface area contributed by atoms with Gasteiger partial charge in [-0.1, -0.05) is 36.4 Å². The summed E-state index contributed by atoms with van der Waals surface area (Å²) in [6.45, 7) is 1.96. The van der Waals surface area contributed by atoms with E-state index in [1.807, 2.05) is 49.4 Å². The number of nitrogens with zero attached hydrogens (tertiary/aromatic N) is 2. The molecule has 2 heterocycles. The zero-order valence-electron chi connectivity index (χ0n) is 13.6. The minimum atomic E-state index is -3.74. The number of fused-ring (bicyclic) bond motifs is 1. The third kappa shape index (κ3) is 2.62. The van der Waals surface area contributed by atoms with Crippen LogP contribution in [0.5, 0.6) is 0 Å². The lowest BCUT2D eigenvalue weighted by atomic mass is 10.2. The molecule has 25 heavy (non-hydrogen) atoms. The molecule has 2 aromatic heterocycles. The maximum atomic E-state index is 13.3. The van der Waals surface area contributed by atoms with E-state index in [2.05, 4.69) is 4.98 Å². The van der Waals surface area contributed by atoms with E-state index in [0.29, 0.717) is 16.9 Å². The van der Waals surface area contributed by atoms with Gasteiger partial charge in [-0.05, 0) is 48.9 Å². The molecule has 0 atom stereocenters. The molecule has 2 aromatic carbocycles. The first kappa shape index (κ1) is 15.6. The summed E-state index contributed by atoms with van der Waals surface area (Å²) >= 11 is 0. The SMILES string of the molecule is Cc1ccnc(-c2cc3ccccc3n2S(=O)(=O)c2ccccc2)c1. The number of aromatic nitrogens is 2. The minimum Gasteiger partial charge on any atom is -0.255 e. The van der Waals surface area contributed by atoms with Gasteiger partial charge in [0.2, 0.25) is 0 Å². The van der Waals surface area contributed by atoms with Crippen LogP contribution in [-0.4, -0.2) is 17.4 Å². The highest BCUT2D eigenvalue weighted by Gasteiger charge is 2.24. The Balaban J connectivity index is 2.07. The Bertz CT molecular complexity index is 1160. The highest BCUT2D eigenvalue weighted by atomic mass is 32.2. The molecule has 0 aliphatic carbocycles. The fourth-order valence-electron chi connectivity index (χ4n) is 2.94. The van der Waals surface area contributed by atoms with Gasteiger partial charge in [0, 0.05) is 11.6 Å². The molecule has 0 unspecified atom stereocenters. The molecular weight excluding hydrogens is 332 g/mol. The van der Waals surface area contributed by atoms with Gasteiger partial charge in [0.25, 0.3) is 10.0 Å². The second-order valence-electron chi connectivity index (χ2n) is 5.89. The molecule has 0 saturated carbocycles. The standard InChI is InChI=1S/C20H16N2O2S/c1-15-11-12-21-18(13-15)20-14-16-7-5-6-10-19(16)22(20)25(23,24)17-8-3-2-4-9-17/h2-14H,1H3. The van der Waals surface area contributed by atoms with Gasteiger partial charge in [-0.25, -0.2) is 12.4 Å². The second-order valence-corrected chi connectivity index (χ2v) is 7.68. The summed E-state index contributed by atoms with van der Waals surface area (Å²) in [7, 11) is -3.74. The predicted octanol–water partition coefficient (Wildman–Crippen LogP) is 4.25. The van der Waals surface area contributed by atoms with Gasteiger partial charge in [-0.3, -0.25) is 4.98 Å². The van der Waals surface area contributed by atoms with Crippen molar-refractivity contribution >= 4 is 20.9 Å². The quantitative estimate of drug-likeness (QED) is 0.556. The summed E-state index contributed by atoms with van der Waals surface area (Å²) in [5, 5.41) is 0.861. The van der Waals surface area contributed by atoms with Crippen molar-refractivity contribution < 1.29 is 8.42 Å². The maximum Gasteiger partial charge on any atom is 0.268 e. The Hall–Kier alpha value is -2.92. The van der Waals surface area contributed by atoms with Crippen LogP contribution in [0.25, 0.3) is 22.3 Å². The molecule has 0 bridgehead atoms. The number of rotatable bonds is 3. The number of para-hydroxylation sites is 1. The van der Waals surface area contributed by atoms with Crippen molar-refractivity contribution in [3.05, 3.63) is 84.6 Å². The number of pyridine rings is 1. The zero-order chi connectivity index (χ0) is 17.4. The molecule has 5 heteroatoms. The van der Waals surface area contributed by atoms with Crippen LogP contribution in [0.3, 0.4) is 0 Å².